The summed E-state index contributed by atoms with van der Waals surface area (Å²) in [5.74, 6) is 0. The van der Waals surface area contributed by atoms with Gasteiger partial charge in [-0.2, -0.15) is 0 Å². The van der Waals surface area contributed by atoms with E-state index >= 15 is 0 Å². The molecule has 0 aromatic heterocycles. The van der Waals surface area contributed by atoms with Gasteiger partial charge in [0.15, 0.2) is 0 Å². The highest BCUT2D eigenvalue weighted by molar-refractivity contribution is 7.33. The van der Waals surface area contributed by atoms with Crippen LogP contribution in [-0.4, -0.2) is 23.3 Å². The molecule has 9 nitrogen and oxygen atoms in total. The van der Waals surface area contributed by atoms with Gasteiger partial charge in [-0.05, 0) is 9.05 Å². The third-order valence-corrected chi connectivity index (χ3v) is 1.19. The zero-order valence-corrected chi connectivity index (χ0v) is 6.51. The highest BCUT2D eigenvalue weighted by Crippen LogP contribution is 2.22. The van der Waals surface area contributed by atoms with Gasteiger partial charge >= 0.3 is 21.7 Å². The smallest absolute Gasteiger partial charge is 0.262 e. The summed E-state index contributed by atoms with van der Waals surface area (Å²) in [5.41, 5.74) is 0. The molecule has 0 rings (SSSR count). The van der Waals surface area contributed by atoms with Crippen LogP contribution in [0.15, 0.2) is 0 Å². The summed E-state index contributed by atoms with van der Waals surface area (Å²) < 4.78 is 18.2. The lowest BCUT2D eigenvalue weighted by Gasteiger charge is -1.83. The standard InChI is InChI=1S/C2H4N2O7P/c5-3(6)1-10-12(9)11-2-4(7)8/h1-2H2/q+1. The molecule has 0 saturated carbocycles. The van der Waals surface area contributed by atoms with Crippen LogP contribution in [0, 0.1) is 20.2 Å². The summed E-state index contributed by atoms with van der Waals surface area (Å²) in [4.78, 5) is 17.4. The van der Waals surface area contributed by atoms with E-state index < -0.39 is 31.6 Å². The maximum absolute atomic E-state index is 10.3. The van der Waals surface area contributed by atoms with Gasteiger partial charge in [-0.25, -0.2) is 0 Å². The second-order valence-corrected chi connectivity index (χ2v) is 2.37. The van der Waals surface area contributed by atoms with Crippen LogP contribution in [0.5, 0.6) is 0 Å². The van der Waals surface area contributed by atoms with Gasteiger partial charge in [-0.3, -0.25) is 20.2 Å². The first-order valence-electron chi connectivity index (χ1n) is 2.49. The van der Waals surface area contributed by atoms with Gasteiger partial charge < -0.3 is 0 Å². The van der Waals surface area contributed by atoms with Crippen molar-refractivity contribution in [2.24, 2.45) is 0 Å². The Morgan fingerprint density at radius 1 is 1.08 bits per heavy atom. The first-order chi connectivity index (χ1) is 5.52. The molecule has 0 spiro atoms. The van der Waals surface area contributed by atoms with Crippen molar-refractivity contribution >= 4 is 8.25 Å². The second-order valence-electron chi connectivity index (χ2n) is 1.41. The van der Waals surface area contributed by atoms with E-state index in [1.165, 1.54) is 0 Å². The minimum atomic E-state index is -2.78. The number of nitro groups is 2. The Bertz CT molecular complexity index is 184. The molecule has 0 fully saturated rings. The molecule has 0 aliphatic heterocycles. The van der Waals surface area contributed by atoms with Crippen molar-refractivity contribution in [3.63, 3.8) is 0 Å². The number of nitrogens with zero attached hydrogens (tertiary/aromatic N) is 2. The molecule has 0 aliphatic carbocycles. The molecule has 0 N–H and O–H groups in total. The Balaban J connectivity index is 3.47. The average Bonchev–Trinajstić information content (AvgIpc) is 1.96. The SMILES string of the molecule is O=[N+]([O-])CO[P+](=O)OC[N+](=O)[O-]. The number of rotatable bonds is 6. The lowest BCUT2D eigenvalue weighted by atomic mass is 11.4. The molecule has 0 heterocycles. The van der Waals surface area contributed by atoms with Crippen LogP contribution in [0.4, 0.5) is 0 Å². The lowest BCUT2D eigenvalue weighted by Crippen LogP contribution is -2.04. The van der Waals surface area contributed by atoms with Gasteiger partial charge in [0.1, 0.15) is 0 Å². The van der Waals surface area contributed by atoms with E-state index in [9.17, 15) is 24.8 Å². The first kappa shape index (κ1) is 10.8. The van der Waals surface area contributed by atoms with Gasteiger partial charge in [0.2, 0.25) is 0 Å². The molecular formula is C2H4N2O7P+. The topological polar surface area (TPSA) is 122 Å². The molecule has 0 saturated heterocycles. The fourth-order valence-corrected chi connectivity index (χ4v) is 0.677. The minimum absolute atomic E-state index is 0.886. The van der Waals surface area contributed by atoms with E-state index in [0.29, 0.717) is 0 Å². The van der Waals surface area contributed by atoms with Gasteiger partial charge in [-0.1, -0.05) is 0 Å². The molecule has 0 bridgehead atoms. The summed E-state index contributed by atoms with van der Waals surface area (Å²) in [5, 5.41) is 19.2. The molecule has 0 aliphatic rings. The van der Waals surface area contributed by atoms with Crippen molar-refractivity contribution in [2.75, 3.05) is 13.5 Å². The van der Waals surface area contributed by atoms with Gasteiger partial charge in [0.05, 0.1) is 9.85 Å². The Labute approximate surface area is 66.5 Å². The summed E-state index contributed by atoms with van der Waals surface area (Å²) in [6.07, 6.45) is 0. The number of hydrogen-bond donors (Lipinski definition) is 0. The Morgan fingerprint density at radius 3 is 1.67 bits per heavy atom. The van der Waals surface area contributed by atoms with Crippen molar-refractivity contribution in [2.45, 2.75) is 0 Å². The predicted octanol–water partition coefficient (Wildman–Crippen LogP) is 0.145. The monoisotopic (exact) mass is 199 g/mol. The zero-order valence-electron chi connectivity index (χ0n) is 5.61. The molecule has 0 aromatic carbocycles. The highest BCUT2D eigenvalue weighted by atomic mass is 31.1. The van der Waals surface area contributed by atoms with Gasteiger partial charge in [0.25, 0.3) is 0 Å². The summed E-state index contributed by atoms with van der Waals surface area (Å²) in [6.45, 7) is -2.01. The molecule has 0 unspecified atom stereocenters. The Hall–Kier alpha value is -1.18. The second kappa shape index (κ2) is 5.47. The molecule has 12 heavy (non-hydrogen) atoms. The van der Waals surface area contributed by atoms with Gasteiger partial charge in [-0.15, -0.1) is 0 Å². The first-order valence-corrected chi connectivity index (χ1v) is 3.58. The van der Waals surface area contributed by atoms with Crippen LogP contribution in [0.2, 0.25) is 0 Å². The van der Waals surface area contributed by atoms with E-state index in [-0.39, 0.29) is 0 Å². The van der Waals surface area contributed by atoms with Crippen LogP contribution in [-0.2, 0) is 13.6 Å². The van der Waals surface area contributed by atoms with Crippen molar-refractivity contribution in [3.8, 4) is 0 Å². The summed E-state index contributed by atoms with van der Waals surface area (Å²) in [6, 6.07) is 0. The number of hydrogen-bond acceptors (Lipinski definition) is 7. The largest absolute Gasteiger partial charge is 0.710 e. The normalized spacial score (nSPS) is 9.33. The van der Waals surface area contributed by atoms with E-state index in [2.05, 4.69) is 9.05 Å². The van der Waals surface area contributed by atoms with Crippen LogP contribution >= 0.6 is 8.25 Å². The van der Waals surface area contributed by atoms with Crippen LogP contribution in [0.1, 0.15) is 0 Å². The minimum Gasteiger partial charge on any atom is -0.262 e. The lowest BCUT2D eigenvalue weighted by molar-refractivity contribution is -0.521. The Morgan fingerprint density at radius 2 is 1.42 bits per heavy atom. The molecule has 0 atom stereocenters. The third kappa shape index (κ3) is 6.93. The van der Waals surface area contributed by atoms with Crippen LogP contribution < -0.4 is 0 Å². The maximum Gasteiger partial charge on any atom is 0.710 e. The summed E-state index contributed by atoms with van der Waals surface area (Å²) >= 11 is 0. The van der Waals surface area contributed by atoms with E-state index in [4.69, 9.17) is 0 Å². The molecule has 0 aromatic rings. The van der Waals surface area contributed by atoms with Crippen molar-refractivity contribution in [1.29, 1.82) is 0 Å². The maximum atomic E-state index is 10.3. The highest BCUT2D eigenvalue weighted by Gasteiger charge is 2.26. The fourth-order valence-electron chi connectivity index (χ4n) is 0.226. The zero-order chi connectivity index (χ0) is 9.56. The van der Waals surface area contributed by atoms with E-state index in [0.717, 1.165) is 0 Å². The molecular weight excluding hydrogens is 195 g/mol. The predicted molar refractivity (Wildman–Crippen MR) is 33.5 cm³/mol. The quantitative estimate of drug-likeness (QED) is 0.258. The molecule has 10 heteroatoms. The summed E-state index contributed by atoms with van der Waals surface area (Å²) in [7, 11) is -2.78. The van der Waals surface area contributed by atoms with Gasteiger partial charge in [0, 0.05) is 4.57 Å². The fraction of sp³-hybridized carbons (Fsp3) is 1.00. The van der Waals surface area contributed by atoms with Crippen molar-refractivity contribution < 1.29 is 23.5 Å². The third-order valence-electron chi connectivity index (χ3n) is 0.537. The van der Waals surface area contributed by atoms with Crippen molar-refractivity contribution in [1.82, 2.24) is 0 Å². The van der Waals surface area contributed by atoms with E-state index in [1.54, 1.807) is 0 Å². The Kier molecular flexibility index (Phi) is 4.93. The molecule has 68 valence electrons. The average molecular weight is 199 g/mol. The van der Waals surface area contributed by atoms with E-state index in [1.807, 2.05) is 0 Å². The van der Waals surface area contributed by atoms with Crippen molar-refractivity contribution in [3.05, 3.63) is 20.2 Å². The van der Waals surface area contributed by atoms with Crippen LogP contribution in [0.25, 0.3) is 0 Å². The molecule has 0 amide bonds. The molecule has 0 radical (unpaired) electrons. The van der Waals surface area contributed by atoms with Crippen LogP contribution in [0.3, 0.4) is 0 Å².